The minimum atomic E-state index is -3.41. The molecule has 4 nitrogen and oxygen atoms in total. The van der Waals surface area contributed by atoms with Crippen LogP contribution >= 0.6 is 0 Å². The Bertz CT molecular complexity index is 849. The van der Waals surface area contributed by atoms with Crippen molar-refractivity contribution in [3.05, 3.63) is 65.7 Å². The molecule has 2 heterocycles. The third-order valence-electron chi connectivity index (χ3n) is 5.70. The molecule has 2 aromatic rings. The molecular formula is C20H24N2O2S. The second-order valence-corrected chi connectivity index (χ2v) is 9.19. The molecule has 2 fully saturated rings. The summed E-state index contributed by atoms with van der Waals surface area (Å²) in [7, 11) is -3.41. The van der Waals surface area contributed by atoms with Crippen LogP contribution in [-0.4, -0.2) is 42.8 Å². The fourth-order valence-corrected chi connectivity index (χ4v) is 5.92. The summed E-state index contributed by atoms with van der Waals surface area (Å²) in [4.78, 5) is 2.85. The predicted molar refractivity (Wildman–Crippen MR) is 98.7 cm³/mol. The van der Waals surface area contributed by atoms with Gasteiger partial charge in [0.25, 0.3) is 0 Å². The highest BCUT2D eigenvalue weighted by atomic mass is 32.2. The molecule has 0 saturated carbocycles. The van der Waals surface area contributed by atoms with E-state index in [-0.39, 0.29) is 6.04 Å². The smallest absolute Gasteiger partial charge is 0.243 e. The van der Waals surface area contributed by atoms with Crippen LogP contribution in [-0.2, 0) is 16.6 Å². The van der Waals surface area contributed by atoms with E-state index in [9.17, 15) is 8.42 Å². The van der Waals surface area contributed by atoms with Gasteiger partial charge in [0, 0.05) is 31.7 Å². The fourth-order valence-electron chi connectivity index (χ4n) is 4.21. The molecule has 4 rings (SSSR count). The van der Waals surface area contributed by atoms with Gasteiger partial charge in [-0.15, -0.1) is 0 Å². The molecule has 2 saturated heterocycles. The normalized spacial score (nSPS) is 27.0. The summed E-state index contributed by atoms with van der Waals surface area (Å²) in [5, 5.41) is 0. The summed E-state index contributed by atoms with van der Waals surface area (Å²) in [5.74, 6) is 0.365. The Morgan fingerprint density at radius 3 is 2.24 bits per heavy atom. The van der Waals surface area contributed by atoms with E-state index < -0.39 is 10.0 Å². The largest absolute Gasteiger partial charge is 0.293 e. The highest BCUT2D eigenvalue weighted by molar-refractivity contribution is 7.89. The summed E-state index contributed by atoms with van der Waals surface area (Å²) in [6.07, 6.45) is 0. The first-order valence-corrected chi connectivity index (χ1v) is 10.3. The first-order chi connectivity index (χ1) is 12.0. The summed E-state index contributed by atoms with van der Waals surface area (Å²) in [6, 6.07) is 18.0. The van der Waals surface area contributed by atoms with E-state index in [1.807, 2.05) is 25.1 Å². The van der Waals surface area contributed by atoms with Crippen LogP contribution in [0.4, 0.5) is 0 Å². The number of rotatable bonds is 4. The topological polar surface area (TPSA) is 40.6 Å². The molecule has 132 valence electrons. The summed E-state index contributed by atoms with van der Waals surface area (Å²) < 4.78 is 27.8. The maximum Gasteiger partial charge on any atom is 0.243 e. The van der Waals surface area contributed by atoms with Gasteiger partial charge in [-0.2, -0.15) is 4.31 Å². The monoisotopic (exact) mass is 356 g/mol. The van der Waals surface area contributed by atoms with Gasteiger partial charge in [0.2, 0.25) is 10.0 Å². The molecule has 0 spiro atoms. The maximum atomic E-state index is 13.1. The van der Waals surface area contributed by atoms with E-state index in [2.05, 4.69) is 36.1 Å². The SMILES string of the molecule is Cc1ccc(S(=O)(=O)N2C[C@H]3[C@H](C)[C@@H]2CN3Cc2ccccc2)cc1. The number of likely N-dealkylation sites (tertiary alicyclic amines) is 1. The van der Waals surface area contributed by atoms with Crippen molar-refractivity contribution in [3.63, 3.8) is 0 Å². The lowest BCUT2D eigenvalue weighted by atomic mass is 10.0. The van der Waals surface area contributed by atoms with Crippen LogP contribution in [0.2, 0.25) is 0 Å². The van der Waals surface area contributed by atoms with Crippen LogP contribution in [0.1, 0.15) is 18.1 Å². The molecule has 2 aromatic carbocycles. The zero-order valence-corrected chi connectivity index (χ0v) is 15.5. The Morgan fingerprint density at radius 1 is 0.960 bits per heavy atom. The van der Waals surface area contributed by atoms with Gasteiger partial charge in [0.05, 0.1) is 4.90 Å². The predicted octanol–water partition coefficient (Wildman–Crippen LogP) is 2.89. The van der Waals surface area contributed by atoms with Crippen molar-refractivity contribution >= 4 is 10.0 Å². The molecule has 0 unspecified atom stereocenters. The van der Waals surface area contributed by atoms with Crippen LogP contribution < -0.4 is 0 Å². The lowest BCUT2D eigenvalue weighted by Crippen LogP contribution is -2.48. The van der Waals surface area contributed by atoms with Gasteiger partial charge < -0.3 is 0 Å². The van der Waals surface area contributed by atoms with Crippen LogP contribution in [0.15, 0.2) is 59.5 Å². The summed E-state index contributed by atoms with van der Waals surface area (Å²) in [6.45, 7) is 6.45. The molecule has 0 N–H and O–H groups in total. The van der Waals surface area contributed by atoms with Crippen molar-refractivity contribution in [2.24, 2.45) is 5.92 Å². The summed E-state index contributed by atoms with van der Waals surface area (Å²) in [5.41, 5.74) is 2.36. The number of fused-ring (bicyclic) bond motifs is 2. The highest BCUT2D eigenvalue weighted by Crippen LogP contribution is 2.39. The van der Waals surface area contributed by atoms with Crippen molar-refractivity contribution in [3.8, 4) is 0 Å². The summed E-state index contributed by atoms with van der Waals surface area (Å²) >= 11 is 0. The number of piperazine rings is 1. The molecule has 3 atom stereocenters. The van der Waals surface area contributed by atoms with Gasteiger partial charge >= 0.3 is 0 Å². The van der Waals surface area contributed by atoms with E-state index in [4.69, 9.17) is 0 Å². The van der Waals surface area contributed by atoms with E-state index in [1.165, 1.54) is 5.56 Å². The zero-order chi connectivity index (χ0) is 17.6. The van der Waals surface area contributed by atoms with Crippen molar-refractivity contribution in [1.82, 2.24) is 9.21 Å². The standard InChI is InChI=1S/C20H24N2O2S/c1-15-8-10-18(11-9-15)25(23,24)22-14-19-16(2)20(22)13-21(19)12-17-6-4-3-5-7-17/h3-11,16,19-20H,12-14H2,1-2H3/t16-,19-,20-/m0/s1. The van der Waals surface area contributed by atoms with Gasteiger partial charge in [0.1, 0.15) is 0 Å². The molecule has 2 bridgehead atoms. The second kappa shape index (κ2) is 6.24. The van der Waals surface area contributed by atoms with Crippen LogP contribution in [0.3, 0.4) is 0 Å². The molecule has 0 aliphatic carbocycles. The van der Waals surface area contributed by atoms with Crippen molar-refractivity contribution < 1.29 is 8.42 Å². The number of hydrogen-bond donors (Lipinski definition) is 0. The second-order valence-electron chi connectivity index (χ2n) is 7.30. The van der Waals surface area contributed by atoms with Gasteiger partial charge in [-0.05, 0) is 30.5 Å². The third-order valence-corrected chi connectivity index (χ3v) is 7.60. The lowest BCUT2D eigenvalue weighted by molar-refractivity contribution is 0.173. The zero-order valence-electron chi connectivity index (χ0n) is 14.7. The van der Waals surface area contributed by atoms with E-state index in [0.717, 1.165) is 18.7 Å². The van der Waals surface area contributed by atoms with E-state index >= 15 is 0 Å². The average Bonchev–Trinajstić information content (AvgIpc) is 3.08. The van der Waals surface area contributed by atoms with Crippen molar-refractivity contribution in [2.45, 2.75) is 37.4 Å². The number of hydrogen-bond acceptors (Lipinski definition) is 3. The molecule has 0 radical (unpaired) electrons. The van der Waals surface area contributed by atoms with E-state index in [1.54, 1.807) is 16.4 Å². The Morgan fingerprint density at radius 2 is 1.64 bits per heavy atom. The van der Waals surface area contributed by atoms with Gasteiger partial charge in [-0.25, -0.2) is 8.42 Å². The Hall–Kier alpha value is -1.69. The van der Waals surface area contributed by atoms with Crippen molar-refractivity contribution in [1.29, 1.82) is 0 Å². The molecule has 0 aromatic heterocycles. The van der Waals surface area contributed by atoms with Gasteiger partial charge in [-0.3, -0.25) is 4.90 Å². The van der Waals surface area contributed by atoms with E-state index in [0.29, 0.717) is 23.4 Å². The Balaban J connectivity index is 1.53. The maximum absolute atomic E-state index is 13.1. The van der Waals surface area contributed by atoms with Crippen molar-refractivity contribution in [2.75, 3.05) is 13.1 Å². The number of benzene rings is 2. The lowest BCUT2D eigenvalue weighted by Gasteiger charge is -2.33. The molecular weight excluding hydrogens is 332 g/mol. The number of sulfonamides is 1. The quantitative estimate of drug-likeness (QED) is 0.846. The molecule has 5 heteroatoms. The third kappa shape index (κ3) is 2.90. The highest BCUT2D eigenvalue weighted by Gasteiger charge is 2.52. The van der Waals surface area contributed by atoms with Gasteiger partial charge in [0.15, 0.2) is 0 Å². The molecule has 2 aliphatic heterocycles. The Labute approximate surface area is 150 Å². The minimum Gasteiger partial charge on any atom is -0.293 e. The molecule has 0 amide bonds. The number of nitrogens with zero attached hydrogens (tertiary/aromatic N) is 2. The Kier molecular flexibility index (Phi) is 4.18. The first-order valence-electron chi connectivity index (χ1n) is 8.83. The molecule has 25 heavy (non-hydrogen) atoms. The minimum absolute atomic E-state index is 0.0695. The van der Waals surface area contributed by atoms with Gasteiger partial charge in [-0.1, -0.05) is 55.0 Å². The number of aryl methyl sites for hydroxylation is 1. The van der Waals surface area contributed by atoms with Crippen LogP contribution in [0.5, 0.6) is 0 Å². The first kappa shape index (κ1) is 16.8. The molecule has 2 aliphatic rings. The van der Waals surface area contributed by atoms with Crippen LogP contribution in [0, 0.1) is 12.8 Å². The van der Waals surface area contributed by atoms with Crippen LogP contribution in [0.25, 0.3) is 0 Å². The average molecular weight is 356 g/mol. The fraction of sp³-hybridized carbons (Fsp3) is 0.400.